The van der Waals surface area contributed by atoms with Crippen LogP contribution in [0.4, 0.5) is 5.95 Å². The fourth-order valence-corrected chi connectivity index (χ4v) is 4.37. The molecule has 3 aromatic rings. The number of nitrogens with zero attached hydrogens (tertiary/aromatic N) is 3. The summed E-state index contributed by atoms with van der Waals surface area (Å²) in [7, 11) is 0. The van der Waals surface area contributed by atoms with Gasteiger partial charge in [0.25, 0.3) is 0 Å². The van der Waals surface area contributed by atoms with E-state index in [2.05, 4.69) is 6.92 Å². The van der Waals surface area contributed by atoms with Gasteiger partial charge in [-0.3, -0.25) is 14.5 Å². The second kappa shape index (κ2) is 9.42. The molecule has 0 N–H and O–H groups in total. The summed E-state index contributed by atoms with van der Waals surface area (Å²) in [6, 6.07) is 14.7. The average molecular weight is 436 g/mol. The van der Waals surface area contributed by atoms with Crippen LogP contribution in [0.15, 0.2) is 48.5 Å². The Morgan fingerprint density at radius 3 is 2.53 bits per heavy atom. The molecule has 0 saturated carbocycles. The SMILES string of the molecule is CCCCN1C(=O)[C@@H](C(=O)OCC)[C@@H](c2ccccc2OCC)n2c1nc1ccccc12. The number of hydrogen-bond acceptors (Lipinski definition) is 5. The lowest BCUT2D eigenvalue weighted by Gasteiger charge is -2.38. The molecule has 168 valence electrons. The van der Waals surface area contributed by atoms with Crippen molar-refractivity contribution in [3.63, 3.8) is 0 Å². The molecule has 0 unspecified atom stereocenters. The quantitative estimate of drug-likeness (QED) is 0.388. The van der Waals surface area contributed by atoms with Gasteiger partial charge in [-0.2, -0.15) is 0 Å². The van der Waals surface area contributed by atoms with E-state index in [9.17, 15) is 9.59 Å². The number of amides is 1. The predicted molar refractivity (Wildman–Crippen MR) is 123 cm³/mol. The Morgan fingerprint density at radius 2 is 1.78 bits per heavy atom. The maximum absolute atomic E-state index is 13.8. The zero-order valence-electron chi connectivity index (χ0n) is 18.8. The van der Waals surface area contributed by atoms with E-state index >= 15 is 0 Å². The van der Waals surface area contributed by atoms with Crippen LogP contribution in [0.3, 0.4) is 0 Å². The Hall–Kier alpha value is -3.35. The number of anilines is 1. The van der Waals surface area contributed by atoms with Crippen molar-refractivity contribution in [2.24, 2.45) is 5.92 Å². The average Bonchev–Trinajstić information content (AvgIpc) is 3.18. The Balaban J connectivity index is 2.00. The van der Waals surface area contributed by atoms with E-state index in [0.29, 0.717) is 24.8 Å². The summed E-state index contributed by atoms with van der Waals surface area (Å²) in [5.41, 5.74) is 2.41. The number of fused-ring (bicyclic) bond motifs is 3. The van der Waals surface area contributed by atoms with Gasteiger partial charge in [-0.1, -0.05) is 43.7 Å². The molecular formula is C25H29N3O4. The number of hydrogen-bond donors (Lipinski definition) is 0. The van der Waals surface area contributed by atoms with Crippen molar-refractivity contribution in [2.45, 2.75) is 39.7 Å². The second-order valence-corrected chi connectivity index (χ2v) is 7.76. The summed E-state index contributed by atoms with van der Waals surface area (Å²) in [5, 5.41) is 0. The number of carbonyl (C=O) groups excluding carboxylic acids is 2. The van der Waals surface area contributed by atoms with Gasteiger partial charge in [-0.05, 0) is 38.5 Å². The summed E-state index contributed by atoms with van der Waals surface area (Å²) >= 11 is 0. The first kappa shape index (κ1) is 21.9. The third kappa shape index (κ3) is 3.72. The first-order chi connectivity index (χ1) is 15.6. The Morgan fingerprint density at radius 1 is 1.03 bits per heavy atom. The molecule has 2 aromatic carbocycles. The topological polar surface area (TPSA) is 73.7 Å². The smallest absolute Gasteiger partial charge is 0.321 e. The summed E-state index contributed by atoms with van der Waals surface area (Å²) in [4.78, 5) is 33.4. The van der Waals surface area contributed by atoms with Gasteiger partial charge in [0.05, 0.1) is 30.3 Å². The van der Waals surface area contributed by atoms with E-state index in [1.807, 2.05) is 60.0 Å². The minimum absolute atomic E-state index is 0.203. The molecule has 1 aliphatic rings. The maximum atomic E-state index is 13.8. The molecule has 0 radical (unpaired) electrons. The minimum Gasteiger partial charge on any atom is -0.494 e. The molecule has 0 saturated heterocycles. The van der Waals surface area contributed by atoms with Crippen LogP contribution in [-0.4, -0.2) is 41.2 Å². The van der Waals surface area contributed by atoms with Crippen LogP contribution in [0.25, 0.3) is 11.0 Å². The number of imidazole rings is 1. The highest BCUT2D eigenvalue weighted by molar-refractivity contribution is 6.08. The van der Waals surface area contributed by atoms with Crippen LogP contribution in [0.1, 0.15) is 45.2 Å². The minimum atomic E-state index is -1.03. The molecule has 32 heavy (non-hydrogen) atoms. The van der Waals surface area contributed by atoms with Crippen molar-refractivity contribution >= 4 is 28.9 Å². The van der Waals surface area contributed by atoms with E-state index < -0.39 is 17.9 Å². The number of para-hydroxylation sites is 3. The molecule has 0 spiro atoms. The molecule has 2 heterocycles. The first-order valence-electron chi connectivity index (χ1n) is 11.3. The molecule has 1 amide bonds. The van der Waals surface area contributed by atoms with Gasteiger partial charge in [0, 0.05) is 12.1 Å². The standard InChI is InChI=1S/C25H29N3O4/c1-4-7-16-27-23(29)21(24(30)32-6-3)22(17-12-8-11-15-20(17)31-5-2)28-19-14-10-9-13-18(19)26-25(27)28/h8-15,21-22H,4-7,16H2,1-3H3/t21-,22+/m0/s1. The van der Waals surface area contributed by atoms with Crippen molar-refractivity contribution in [1.29, 1.82) is 0 Å². The van der Waals surface area contributed by atoms with E-state index in [1.54, 1.807) is 11.8 Å². The lowest BCUT2D eigenvalue weighted by Crippen LogP contribution is -2.50. The van der Waals surface area contributed by atoms with Gasteiger partial charge >= 0.3 is 5.97 Å². The first-order valence-corrected chi connectivity index (χ1v) is 11.3. The number of rotatable bonds is 8. The lowest BCUT2D eigenvalue weighted by atomic mass is 9.88. The fraction of sp³-hybridized carbons (Fsp3) is 0.400. The van der Waals surface area contributed by atoms with Crippen molar-refractivity contribution in [2.75, 3.05) is 24.7 Å². The highest BCUT2D eigenvalue weighted by Crippen LogP contribution is 2.43. The molecule has 1 aromatic heterocycles. The fourth-order valence-electron chi connectivity index (χ4n) is 4.37. The van der Waals surface area contributed by atoms with Gasteiger partial charge in [0.2, 0.25) is 11.9 Å². The van der Waals surface area contributed by atoms with Gasteiger partial charge in [-0.25, -0.2) is 4.98 Å². The van der Waals surface area contributed by atoms with E-state index in [0.717, 1.165) is 29.4 Å². The molecule has 0 fully saturated rings. The maximum Gasteiger partial charge on any atom is 0.321 e. The largest absolute Gasteiger partial charge is 0.494 e. The van der Waals surface area contributed by atoms with Gasteiger partial charge in [-0.15, -0.1) is 0 Å². The number of ether oxygens (including phenoxy) is 2. The molecule has 2 atom stereocenters. The highest BCUT2D eigenvalue weighted by Gasteiger charge is 2.48. The van der Waals surface area contributed by atoms with Gasteiger partial charge < -0.3 is 14.0 Å². The normalized spacial score (nSPS) is 18.0. The molecule has 1 aliphatic heterocycles. The number of carbonyl (C=O) groups is 2. The summed E-state index contributed by atoms with van der Waals surface area (Å²) in [6.45, 7) is 6.91. The van der Waals surface area contributed by atoms with Crippen molar-refractivity contribution in [1.82, 2.24) is 9.55 Å². The summed E-state index contributed by atoms with van der Waals surface area (Å²) < 4.78 is 13.3. The zero-order chi connectivity index (χ0) is 22.7. The van der Waals surface area contributed by atoms with Gasteiger partial charge in [0.15, 0.2) is 5.92 Å². The van der Waals surface area contributed by atoms with Crippen molar-refractivity contribution < 1.29 is 19.1 Å². The Bertz CT molecular complexity index is 1120. The third-order valence-electron chi connectivity index (χ3n) is 5.76. The van der Waals surface area contributed by atoms with Crippen LogP contribution in [0.5, 0.6) is 5.75 Å². The zero-order valence-corrected chi connectivity index (χ0v) is 18.8. The third-order valence-corrected chi connectivity index (χ3v) is 5.76. The van der Waals surface area contributed by atoms with Crippen LogP contribution in [-0.2, 0) is 14.3 Å². The predicted octanol–water partition coefficient (Wildman–Crippen LogP) is 4.35. The summed E-state index contributed by atoms with van der Waals surface area (Å²) in [5.74, 6) is -0.636. The molecule has 4 rings (SSSR count). The van der Waals surface area contributed by atoms with Crippen molar-refractivity contribution in [3.05, 3.63) is 54.1 Å². The van der Waals surface area contributed by atoms with Gasteiger partial charge in [0.1, 0.15) is 5.75 Å². The number of aromatic nitrogens is 2. The monoisotopic (exact) mass is 435 g/mol. The van der Waals surface area contributed by atoms with E-state index in [-0.39, 0.29) is 12.5 Å². The van der Waals surface area contributed by atoms with Crippen LogP contribution in [0, 0.1) is 5.92 Å². The second-order valence-electron chi connectivity index (χ2n) is 7.76. The number of esters is 1. The lowest BCUT2D eigenvalue weighted by molar-refractivity contribution is -0.153. The highest BCUT2D eigenvalue weighted by atomic mass is 16.5. The molecule has 0 bridgehead atoms. The Labute approximate surface area is 187 Å². The molecule has 7 nitrogen and oxygen atoms in total. The molecule has 7 heteroatoms. The van der Waals surface area contributed by atoms with Crippen LogP contribution >= 0.6 is 0 Å². The summed E-state index contributed by atoms with van der Waals surface area (Å²) in [6.07, 6.45) is 1.73. The van der Waals surface area contributed by atoms with Crippen LogP contribution in [0.2, 0.25) is 0 Å². The molecule has 0 aliphatic carbocycles. The Kier molecular flexibility index (Phi) is 6.44. The van der Waals surface area contributed by atoms with Crippen molar-refractivity contribution in [3.8, 4) is 5.75 Å². The molecular weight excluding hydrogens is 406 g/mol. The number of benzene rings is 2. The number of unbranched alkanes of at least 4 members (excludes halogenated alkanes) is 1. The van der Waals surface area contributed by atoms with Crippen LogP contribution < -0.4 is 9.64 Å². The van der Waals surface area contributed by atoms with E-state index in [4.69, 9.17) is 14.5 Å². The van der Waals surface area contributed by atoms with E-state index in [1.165, 1.54) is 0 Å².